The first-order valence-electron chi connectivity index (χ1n) is 12.8. The van der Waals surface area contributed by atoms with Gasteiger partial charge in [-0.25, -0.2) is 0 Å². The Kier molecular flexibility index (Phi) is 9.67. The molecule has 0 saturated heterocycles. The molecule has 0 unspecified atom stereocenters. The number of fused-ring (bicyclic) bond motifs is 1. The molecule has 0 atom stereocenters. The number of rotatable bonds is 8. The Morgan fingerprint density at radius 3 is 2.24 bits per heavy atom. The highest BCUT2D eigenvalue weighted by molar-refractivity contribution is 7.78. The average molecular weight is 512 g/mol. The fourth-order valence-corrected chi connectivity index (χ4v) is 4.09. The Balaban J connectivity index is 1.46. The SMILES string of the molecule is C=Cc1cc(C#Cc2ccc(N=C=S)cc2)ccc1C#Cc1ccc2cc(OCCCCCC)ccc2c1. The normalized spacial score (nSPS) is 9.92. The quantitative estimate of drug-likeness (QED) is 0.102. The molecule has 0 amide bonds. The van der Waals surface area contributed by atoms with E-state index in [1.54, 1.807) is 0 Å². The van der Waals surface area contributed by atoms with E-state index in [0.717, 1.165) is 63.1 Å². The Labute approximate surface area is 231 Å². The van der Waals surface area contributed by atoms with E-state index in [0.29, 0.717) is 0 Å². The molecule has 0 aromatic heterocycles. The Morgan fingerprint density at radius 2 is 1.45 bits per heavy atom. The lowest BCUT2D eigenvalue weighted by atomic mass is 10.0. The van der Waals surface area contributed by atoms with Gasteiger partial charge in [-0.15, -0.1) is 0 Å². The van der Waals surface area contributed by atoms with Gasteiger partial charge in [0.05, 0.1) is 17.5 Å². The molecule has 38 heavy (non-hydrogen) atoms. The third-order valence-corrected chi connectivity index (χ3v) is 6.18. The van der Waals surface area contributed by atoms with Crippen LogP contribution in [-0.4, -0.2) is 11.8 Å². The van der Waals surface area contributed by atoms with Crippen molar-refractivity contribution < 1.29 is 4.74 Å². The van der Waals surface area contributed by atoms with E-state index < -0.39 is 0 Å². The second-order valence-corrected chi connectivity index (χ2v) is 9.07. The first-order chi connectivity index (χ1) is 18.7. The molecule has 0 aliphatic heterocycles. The van der Waals surface area contributed by atoms with Crippen LogP contribution in [0.5, 0.6) is 5.75 Å². The molecule has 0 N–H and O–H groups in total. The lowest BCUT2D eigenvalue weighted by Gasteiger charge is -2.07. The van der Waals surface area contributed by atoms with Gasteiger partial charge in [-0.3, -0.25) is 0 Å². The molecule has 0 heterocycles. The average Bonchev–Trinajstić information content (AvgIpc) is 2.96. The summed E-state index contributed by atoms with van der Waals surface area (Å²) in [4.78, 5) is 3.96. The smallest absolute Gasteiger partial charge is 0.119 e. The number of hydrogen-bond acceptors (Lipinski definition) is 3. The molecule has 4 aromatic carbocycles. The lowest BCUT2D eigenvalue weighted by molar-refractivity contribution is 0.305. The molecule has 0 radical (unpaired) electrons. The minimum absolute atomic E-state index is 0.765. The van der Waals surface area contributed by atoms with Crippen LogP contribution in [0.25, 0.3) is 16.8 Å². The molecule has 0 aliphatic rings. The van der Waals surface area contributed by atoms with Crippen molar-refractivity contribution in [1.82, 2.24) is 0 Å². The van der Waals surface area contributed by atoms with Gasteiger partial charge in [0.1, 0.15) is 5.75 Å². The molecular formula is C35H29NOS. The third kappa shape index (κ3) is 7.55. The number of unbranched alkanes of at least 4 members (excludes halogenated alkanes) is 3. The maximum absolute atomic E-state index is 5.93. The molecule has 4 rings (SSSR count). The highest BCUT2D eigenvalue weighted by atomic mass is 32.1. The molecule has 3 heteroatoms. The van der Waals surface area contributed by atoms with Crippen LogP contribution in [-0.2, 0) is 0 Å². The van der Waals surface area contributed by atoms with Gasteiger partial charge >= 0.3 is 0 Å². The molecule has 2 nitrogen and oxygen atoms in total. The largest absolute Gasteiger partial charge is 0.494 e. The van der Waals surface area contributed by atoms with Gasteiger partial charge in [0.2, 0.25) is 0 Å². The third-order valence-electron chi connectivity index (χ3n) is 6.08. The number of benzene rings is 4. The van der Waals surface area contributed by atoms with Gasteiger partial charge in [0.15, 0.2) is 0 Å². The van der Waals surface area contributed by atoms with Crippen molar-refractivity contribution in [2.45, 2.75) is 32.6 Å². The van der Waals surface area contributed by atoms with Crippen molar-refractivity contribution in [1.29, 1.82) is 0 Å². The molecule has 186 valence electrons. The minimum Gasteiger partial charge on any atom is -0.494 e. The van der Waals surface area contributed by atoms with Gasteiger partial charge in [0.25, 0.3) is 0 Å². The number of thiocarbonyl (C=S) groups is 1. The summed E-state index contributed by atoms with van der Waals surface area (Å²) in [5, 5.41) is 4.66. The summed E-state index contributed by atoms with van der Waals surface area (Å²) < 4.78 is 5.93. The monoisotopic (exact) mass is 511 g/mol. The van der Waals surface area contributed by atoms with Crippen LogP contribution in [0.2, 0.25) is 0 Å². The zero-order valence-electron chi connectivity index (χ0n) is 21.6. The van der Waals surface area contributed by atoms with E-state index in [-0.39, 0.29) is 0 Å². The topological polar surface area (TPSA) is 21.6 Å². The second kappa shape index (κ2) is 13.8. The standard InChI is InChI=1S/C35H29NOS/c1-3-5-6-7-22-37-35-21-18-32-24-29(12-17-33(32)25-35)11-16-31-15-10-28(23-30(31)4-2)9-8-27-13-19-34(20-14-27)36-26-38/h4,10,12-15,17-21,23-25H,2-3,5-7,22H2,1H3. The van der Waals surface area contributed by atoms with Crippen LogP contribution in [0.15, 0.2) is 90.4 Å². The number of isothiocyanates is 1. The summed E-state index contributed by atoms with van der Waals surface area (Å²) >= 11 is 4.64. The van der Waals surface area contributed by atoms with E-state index in [4.69, 9.17) is 4.74 Å². The van der Waals surface area contributed by atoms with Crippen molar-refractivity contribution in [3.63, 3.8) is 0 Å². The van der Waals surface area contributed by atoms with Gasteiger partial charge < -0.3 is 4.74 Å². The minimum atomic E-state index is 0.765. The Morgan fingerprint density at radius 1 is 0.763 bits per heavy atom. The lowest BCUT2D eigenvalue weighted by Crippen LogP contribution is -1.97. The summed E-state index contributed by atoms with van der Waals surface area (Å²) in [6.45, 7) is 6.95. The van der Waals surface area contributed by atoms with Crippen LogP contribution in [0, 0.1) is 23.7 Å². The summed E-state index contributed by atoms with van der Waals surface area (Å²) in [7, 11) is 0. The first-order valence-corrected chi connectivity index (χ1v) is 13.2. The number of nitrogens with zero attached hydrogens (tertiary/aromatic N) is 1. The Hall–Kier alpha value is -4.40. The van der Waals surface area contributed by atoms with Gasteiger partial charge in [-0.1, -0.05) is 74.7 Å². The van der Waals surface area contributed by atoms with Crippen molar-refractivity contribution in [3.05, 3.63) is 113 Å². The fourth-order valence-electron chi connectivity index (χ4n) is 3.99. The van der Waals surface area contributed by atoms with Crippen LogP contribution < -0.4 is 4.74 Å². The maximum Gasteiger partial charge on any atom is 0.119 e. The van der Waals surface area contributed by atoms with Crippen LogP contribution in [0.4, 0.5) is 5.69 Å². The predicted octanol–water partition coefficient (Wildman–Crippen LogP) is 8.98. The van der Waals surface area contributed by atoms with Gasteiger partial charge in [0, 0.05) is 22.3 Å². The summed E-state index contributed by atoms with van der Waals surface area (Å²) in [6, 6.07) is 26.1. The molecule has 0 spiro atoms. The van der Waals surface area contributed by atoms with Gasteiger partial charge in [-0.05, 0) is 102 Å². The van der Waals surface area contributed by atoms with E-state index in [9.17, 15) is 0 Å². The van der Waals surface area contributed by atoms with Gasteiger partial charge in [-0.2, -0.15) is 4.99 Å². The summed E-state index contributed by atoms with van der Waals surface area (Å²) in [5.74, 6) is 13.9. The zero-order valence-corrected chi connectivity index (χ0v) is 22.4. The second-order valence-electron chi connectivity index (χ2n) is 8.89. The molecule has 0 saturated carbocycles. The number of aliphatic imine (C=N–C) groups is 1. The van der Waals surface area contributed by atoms with Crippen LogP contribution >= 0.6 is 12.2 Å². The van der Waals surface area contributed by atoms with E-state index >= 15 is 0 Å². The van der Waals surface area contributed by atoms with Crippen LogP contribution in [0.3, 0.4) is 0 Å². The van der Waals surface area contributed by atoms with Crippen molar-refractivity contribution in [3.8, 4) is 29.4 Å². The molecule has 0 bridgehead atoms. The highest BCUT2D eigenvalue weighted by Gasteiger charge is 2.01. The number of ether oxygens (including phenoxy) is 1. The number of hydrogen-bond donors (Lipinski definition) is 0. The first kappa shape index (κ1) is 26.7. The van der Waals surface area contributed by atoms with Crippen molar-refractivity contribution in [2.24, 2.45) is 4.99 Å². The van der Waals surface area contributed by atoms with Crippen molar-refractivity contribution >= 4 is 39.9 Å². The fraction of sp³-hybridized carbons (Fsp3) is 0.171. The van der Waals surface area contributed by atoms with E-state index in [2.05, 4.69) is 89.9 Å². The van der Waals surface area contributed by atoms with Crippen LogP contribution in [0.1, 0.15) is 60.4 Å². The highest BCUT2D eigenvalue weighted by Crippen LogP contribution is 2.22. The molecule has 0 fully saturated rings. The predicted molar refractivity (Wildman–Crippen MR) is 163 cm³/mol. The zero-order chi connectivity index (χ0) is 26.6. The molecule has 4 aromatic rings. The Bertz CT molecular complexity index is 1600. The summed E-state index contributed by atoms with van der Waals surface area (Å²) in [6.07, 6.45) is 6.63. The summed E-state index contributed by atoms with van der Waals surface area (Å²) in [5.41, 5.74) is 5.41. The van der Waals surface area contributed by atoms with Crippen molar-refractivity contribution in [2.75, 3.05) is 6.61 Å². The van der Waals surface area contributed by atoms with E-state index in [1.807, 2.05) is 54.6 Å². The maximum atomic E-state index is 5.93. The molecule has 0 aliphatic carbocycles. The van der Waals surface area contributed by atoms with E-state index in [1.165, 1.54) is 19.3 Å². The molecular weight excluding hydrogens is 482 g/mol.